The van der Waals surface area contributed by atoms with Crippen LogP contribution in [-0.2, 0) is 9.53 Å². The molecule has 1 amide bonds. The van der Waals surface area contributed by atoms with Gasteiger partial charge < -0.3 is 10.1 Å². The molecule has 0 aromatic heterocycles. The molecule has 0 aromatic rings. The molecule has 4 nitrogen and oxygen atoms in total. The minimum Gasteiger partial charge on any atom is -0.376 e. The summed E-state index contributed by atoms with van der Waals surface area (Å²) in [6, 6.07) is 0. The summed E-state index contributed by atoms with van der Waals surface area (Å²) >= 11 is 5.14. The van der Waals surface area contributed by atoms with Gasteiger partial charge >= 0.3 is 0 Å². The zero-order chi connectivity index (χ0) is 11.5. The number of rotatable bonds is 3. The number of nitrogens with zero attached hydrogens (tertiary/aromatic N) is 1. The fraction of sp³-hybridized carbons (Fsp3) is 0.636. The third-order valence-corrected chi connectivity index (χ3v) is 3.10. The van der Waals surface area contributed by atoms with Gasteiger partial charge in [0.1, 0.15) is 5.70 Å². The summed E-state index contributed by atoms with van der Waals surface area (Å²) < 4.78 is 5.51. The lowest BCUT2D eigenvalue weighted by molar-refractivity contribution is -0.123. The van der Waals surface area contributed by atoms with E-state index in [4.69, 9.17) is 17.0 Å². The maximum atomic E-state index is 11.9. The second kappa shape index (κ2) is 4.93. The number of thiocarbonyl (C=S) groups is 1. The smallest absolute Gasteiger partial charge is 0.276 e. The number of hydrogen-bond acceptors (Lipinski definition) is 3. The molecule has 1 unspecified atom stereocenters. The first-order valence-corrected chi connectivity index (χ1v) is 6.07. The van der Waals surface area contributed by atoms with Crippen LogP contribution < -0.4 is 5.32 Å². The van der Waals surface area contributed by atoms with Gasteiger partial charge in [0.15, 0.2) is 5.11 Å². The maximum Gasteiger partial charge on any atom is 0.276 e. The van der Waals surface area contributed by atoms with Crippen LogP contribution in [0.3, 0.4) is 0 Å². The second-order valence-corrected chi connectivity index (χ2v) is 4.39. The Labute approximate surface area is 101 Å². The summed E-state index contributed by atoms with van der Waals surface area (Å²) in [6.07, 6.45) is 4.92. The van der Waals surface area contributed by atoms with Crippen LogP contribution in [0.4, 0.5) is 0 Å². The van der Waals surface area contributed by atoms with Crippen molar-refractivity contribution in [1.82, 2.24) is 10.2 Å². The summed E-state index contributed by atoms with van der Waals surface area (Å²) in [5, 5.41) is 3.44. The number of hydrogen-bond donors (Lipinski definition) is 1. The molecule has 0 aromatic carbocycles. The van der Waals surface area contributed by atoms with Crippen LogP contribution in [-0.4, -0.2) is 35.2 Å². The van der Waals surface area contributed by atoms with Crippen LogP contribution >= 0.6 is 12.2 Å². The molecule has 5 heteroatoms. The van der Waals surface area contributed by atoms with Crippen molar-refractivity contribution in [3.63, 3.8) is 0 Å². The molecule has 1 N–H and O–H groups in total. The molecule has 2 saturated heterocycles. The molecule has 2 rings (SSSR count). The molecule has 2 fully saturated rings. The van der Waals surface area contributed by atoms with E-state index in [1.807, 2.05) is 13.0 Å². The van der Waals surface area contributed by atoms with Gasteiger partial charge in [-0.05, 0) is 31.5 Å². The molecular formula is C11H16N2O2S. The number of carbonyl (C=O) groups excluding carboxylic acids is 1. The Morgan fingerprint density at radius 1 is 1.69 bits per heavy atom. The first kappa shape index (κ1) is 11.5. The quantitative estimate of drug-likeness (QED) is 0.594. The van der Waals surface area contributed by atoms with Crippen molar-refractivity contribution in [1.29, 1.82) is 0 Å². The van der Waals surface area contributed by atoms with Gasteiger partial charge in [0.25, 0.3) is 5.91 Å². The molecule has 2 heterocycles. The Morgan fingerprint density at radius 3 is 3.12 bits per heavy atom. The van der Waals surface area contributed by atoms with Crippen molar-refractivity contribution >= 4 is 23.2 Å². The van der Waals surface area contributed by atoms with Gasteiger partial charge in [-0.3, -0.25) is 9.69 Å². The Hall–Kier alpha value is -0.940. The van der Waals surface area contributed by atoms with Gasteiger partial charge in [0, 0.05) is 6.61 Å². The zero-order valence-corrected chi connectivity index (χ0v) is 10.2. The standard InChI is InChI=1S/C11H16N2O2S/c1-2-4-9-10(14)13(11(16)12-9)7-8-5-3-6-15-8/h4,8H,2-3,5-7H2,1H3,(H,12,16)/b9-4+. The lowest BCUT2D eigenvalue weighted by atomic mass is 10.2. The van der Waals surface area contributed by atoms with Gasteiger partial charge in [-0.2, -0.15) is 0 Å². The fourth-order valence-corrected chi connectivity index (χ4v) is 2.24. The number of allylic oxidation sites excluding steroid dienone is 1. The topological polar surface area (TPSA) is 41.6 Å². The Kier molecular flexibility index (Phi) is 3.56. The lowest BCUT2D eigenvalue weighted by Gasteiger charge is -2.18. The normalized spacial score (nSPS) is 27.9. The Morgan fingerprint density at radius 2 is 2.50 bits per heavy atom. The average Bonchev–Trinajstić information content (AvgIpc) is 2.84. The molecule has 0 saturated carbocycles. The molecule has 0 spiro atoms. The van der Waals surface area contributed by atoms with Crippen LogP contribution in [0.25, 0.3) is 0 Å². The largest absolute Gasteiger partial charge is 0.376 e. The van der Waals surface area contributed by atoms with Crippen molar-refractivity contribution < 1.29 is 9.53 Å². The third kappa shape index (κ3) is 2.25. The molecule has 0 radical (unpaired) electrons. The lowest BCUT2D eigenvalue weighted by Crippen LogP contribution is -2.37. The predicted molar refractivity (Wildman–Crippen MR) is 64.8 cm³/mol. The van der Waals surface area contributed by atoms with Crippen molar-refractivity contribution in [3.05, 3.63) is 11.8 Å². The van der Waals surface area contributed by atoms with E-state index in [1.165, 1.54) is 0 Å². The van der Waals surface area contributed by atoms with E-state index in [2.05, 4.69) is 5.32 Å². The van der Waals surface area contributed by atoms with E-state index in [0.717, 1.165) is 25.9 Å². The fourth-order valence-electron chi connectivity index (χ4n) is 1.97. The molecule has 16 heavy (non-hydrogen) atoms. The van der Waals surface area contributed by atoms with Gasteiger partial charge in [0.2, 0.25) is 0 Å². The number of amides is 1. The zero-order valence-electron chi connectivity index (χ0n) is 9.36. The molecule has 88 valence electrons. The molecule has 1 atom stereocenters. The summed E-state index contributed by atoms with van der Waals surface area (Å²) in [5.74, 6) is -0.0256. The molecule has 2 aliphatic rings. The maximum absolute atomic E-state index is 11.9. The van der Waals surface area contributed by atoms with E-state index in [0.29, 0.717) is 17.4 Å². The molecule has 2 aliphatic heterocycles. The van der Waals surface area contributed by atoms with Crippen molar-refractivity contribution in [2.45, 2.75) is 32.3 Å². The summed E-state index contributed by atoms with van der Waals surface area (Å²) in [4.78, 5) is 13.5. The first-order valence-electron chi connectivity index (χ1n) is 5.67. The summed E-state index contributed by atoms with van der Waals surface area (Å²) in [6.45, 7) is 3.37. The highest BCUT2D eigenvalue weighted by molar-refractivity contribution is 7.80. The van der Waals surface area contributed by atoms with Gasteiger partial charge in [-0.25, -0.2) is 0 Å². The van der Waals surface area contributed by atoms with Gasteiger partial charge in [-0.15, -0.1) is 0 Å². The van der Waals surface area contributed by atoms with Gasteiger partial charge in [0.05, 0.1) is 12.6 Å². The van der Waals surface area contributed by atoms with Crippen molar-refractivity contribution in [3.8, 4) is 0 Å². The van der Waals surface area contributed by atoms with Crippen LogP contribution in [0.2, 0.25) is 0 Å². The predicted octanol–water partition coefficient (Wildman–Crippen LogP) is 1.18. The van der Waals surface area contributed by atoms with E-state index >= 15 is 0 Å². The highest BCUT2D eigenvalue weighted by atomic mass is 32.1. The average molecular weight is 240 g/mol. The molecule has 0 aliphatic carbocycles. The number of carbonyl (C=O) groups is 1. The van der Waals surface area contributed by atoms with Crippen LogP contribution in [0.15, 0.2) is 11.8 Å². The minimum absolute atomic E-state index is 0.0256. The third-order valence-electron chi connectivity index (χ3n) is 2.78. The van der Waals surface area contributed by atoms with E-state index in [-0.39, 0.29) is 12.0 Å². The highest BCUT2D eigenvalue weighted by Gasteiger charge is 2.32. The first-order chi connectivity index (χ1) is 7.72. The van der Waals surface area contributed by atoms with Gasteiger partial charge in [-0.1, -0.05) is 13.0 Å². The van der Waals surface area contributed by atoms with E-state index in [9.17, 15) is 4.79 Å². The number of nitrogens with one attached hydrogen (secondary N) is 1. The van der Waals surface area contributed by atoms with Crippen LogP contribution in [0.5, 0.6) is 0 Å². The highest BCUT2D eigenvalue weighted by Crippen LogP contribution is 2.17. The SMILES string of the molecule is CC/C=C1/NC(=S)N(CC2CCCO2)C1=O. The van der Waals surface area contributed by atoms with Crippen molar-refractivity contribution in [2.24, 2.45) is 0 Å². The number of ether oxygens (including phenoxy) is 1. The summed E-state index contributed by atoms with van der Waals surface area (Å²) in [5.41, 5.74) is 0.602. The second-order valence-electron chi connectivity index (χ2n) is 4.01. The van der Waals surface area contributed by atoms with Crippen LogP contribution in [0, 0.1) is 0 Å². The molecular weight excluding hydrogens is 224 g/mol. The van der Waals surface area contributed by atoms with Crippen LogP contribution in [0.1, 0.15) is 26.2 Å². The summed E-state index contributed by atoms with van der Waals surface area (Å²) in [7, 11) is 0. The van der Waals surface area contributed by atoms with Crippen molar-refractivity contribution in [2.75, 3.05) is 13.2 Å². The Balaban J connectivity index is 2.01. The van der Waals surface area contributed by atoms with E-state index in [1.54, 1.807) is 4.90 Å². The molecule has 0 bridgehead atoms. The Bertz CT molecular complexity index is 335. The van der Waals surface area contributed by atoms with E-state index < -0.39 is 0 Å². The minimum atomic E-state index is -0.0256. The monoisotopic (exact) mass is 240 g/mol.